The number of carbonyl (C=O) groups is 3. The first kappa shape index (κ1) is 20.4. The van der Waals surface area contributed by atoms with Crippen LogP contribution in [-0.4, -0.2) is 47.6 Å². The number of methoxy groups -OCH3 is 1. The number of amides is 1. The lowest BCUT2D eigenvalue weighted by molar-refractivity contribution is -0.155. The predicted molar refractivity (Wildman–Crippen MR) is 112 cm³/mol. The van der Waals surface area contributed by atoms with Gasteiger partial charge in [0.05, 0.1) is 7.11 Å². The van der Waals surface area contributed by atoms with Gasteiger partial charge in [0, 0.05) is 18.4 Å². The maximum Gasteiger partial charge on any atom is 0.342 e. The summed E-state index contributed by atoms with van der Waals surface area (Å²) in [6.07, 6.45) is 0.327. The van der Waals surface area contributed by atoms with Crippen LogP contribution in [0.3, 0.4) is 0 Å². The van der Waals surface area contributed by atoms with Crippen LogP contribution >= 0.6 is 0 Å². The Balaban J connectivity index is 1.50. The standard InChI is InChI=1S/C24H21NO6/c1-30-24(29)20-12-16-7-2-3-8-17(16)13-25(20)21(26)14-31-23(28)19-11-10-15-6-4-5-9-18(15)22(19)27/h2-11,20,27H,12-14H2,1H3/t20-/m1/s1. The maximum absolute atomic E-state index is 12.9. The van der Waals surface area contributed by atoms with Gasteiger partial charge in [-0.15, -0.1) is 0 Å². The summed E-state index contributed by atoms with van der Waals surface area (Å²) in [5.74, 6) is -2.06. The fraction of sp³-hybridized carbons (Fsp3) is 0.208. The molecule has 0 unspecified atom stereocenters. The number of phenolic OH excluding ortho intramolecular Hbond substituents is 1. The summed E-state index contributed by atoms with van der Waals surface area (Å²) < 4.78 is 10.0. The molecule has 3 aromatic rings. The van der Waals surface area contributed by atoms with Crippen LogP contribution in [-0.2, 0) is 32.0 Å². The number of hydrogen-bond acceptors (Lipinski definition) is 6. The molecule has 1 aliphatic rings. The molecule has 0 spiro atoms. The lowest BCUT2D eigenvalue weighted by Crippen LogP contribution is -2.50. The highest BCUT2D eigenvalue weighted by molar-refractivity contribution is 6.01. The quantitative estimate of drug-likeness (QED) is 0.654. The van der Waals surface area contributed by atoms with Crippen LogP contribution in [0, 0.1) is 0 Å². The molecule has 0 aromatic heterocycles. The van der Waals surface area contributed by atoms with Crippen LogP contribution in [0.1, 0.15) is 21.5 Å². The molecular weight excluding hydrogens is 398 g/mol. The molecule has 1 aliphatic heterocycles. The minimum absolute atomic E-state index is 0.0278. The molecule has 0 saturated heterocycles. The van der Waals surface area contributed by atoms with E-state index < -0.39 is 30.5 Å². The zero-order valence-electron chi connectivity index (χ0n) is 16.9. The number of fused-ring (bicyclic) bond motifs is 2. The number of carbonyl (C=O) groups excluding carboxylic acids is 3. The van der Waals surface area contributed by atoms with Crippen LogP contribution in [0.2, 0.25) is 0 Å². The molecule has 31 heavy (non-hydrogen) atoms. The molecule has 7 heteroatoms. The van der Waals surface area contributed by atoms with Crippen molar-refractivity contribution in [1.82, 2.24) is 4.90 Å². The summed E-state index contributed by atoms with van der Waals surface area (Å²) in [5.41, 5.74) is 1.87. The fourth-order valence-corrected chi connectivity index (χ4v) is 3.84. The third kappa shape index (κ3) is 3.94. The lowest BCUT2D eigenvalue weighted by Gasteiger charge is -2.35. The summed E-state index contributed by atoms with van der Waals surface area (Å²) in [4.78, 5) is 39.0. The van der Waals surface area contributed by atoms with E-state index in [-0.39, 0.29) is 17.9 Å². The summed E-state index contributed by atoms with van der Waals surface area (Å²) in [6.45, 7) is -0.339. The third-order valence-electron chi connectivity index (χ3n) is 5.49. The SMILES string of the molecule is COC(=O)[C@H]1Cc2ccccc2CN1C(=O)COC(=O)c1ccc2ccccc2c1O. The first-order valence-corrected chi connectivity index (χ1v) is 9.81. The summed E-state index contributed by atoms with van der Waals surface area (Å²) in [6, 6.07) is 17.0. The van der Waals surface area contributed by atoms with E-state index in [0.29, 0.717) is 11.8 Å². The highest BCUT2D eigenvalue weighted by Crippen LogP contribution is 2.29. The number of nitrogens with zero attached hydrogens (tertiary/aromatic N) is 1. The fourth-order valence-electron chi connectivity index (χ4n) is 3.84. The van der Waals surface area contributed by atoms with Crippen molar-refractivity contribution in [3.63, 3.8) is 0 Å². The van der Waals surface area contributed by atoms with Crippen LogP contribution < -0.4 is 0 Å². The Bertz CT molecular complexity index is 1170. The first-order valence-electron chi connectivity index (χ1n) is 9.81. The lowest BCUT2D eigenvalue weighted by atomic mass is 9.94. The largest absolute Gasteiger partial charge is 0.506 e. The molecule has 3 aromatic carbocycles. The Morgan fingerprint density at radius 3 is 2.48 bits per heavy atom. The Morgan fingerprint density at radius 2 is 1.71 bits per heavy atom. The molecule has 0 fully saturated rings. The van der Waals surface area contributed by atoms with Gasteiger partial charge in [0.15, 0.2) is 6.61 Å². The molecule has 4 rings (SSSR count). The zero-order valence-corrected chi connectivity index (χ0v) is 16.9. The number of ether oxygens (including phenoxy) is 2. The topological polar surface area (TPSA) is 93.1 Å². The van der Waals surface area contributed by atoms with Gasteiger partial charge in [-0.2, -0.15) is 0 Å². The van der Waals surface area contributed by atoms with Crippen molar-refractivity contribution < 1.29 is 29.0 Å². The van der Waals surface area contributed by atoms with Crippen molar-refractivity contribution in [1.29, 1.82) is 0 Å². The third-order valence-corrected chi connectivity index (χ3v) is 5.49. The van der Waals surface area contributed by atoms with E-state index in [0.717, 1.165) is 16.5 Å². The minimum atomic E-state index is -0.816. The molecule has 1 heterocycles. The van der Waals surface area contributed by atoms with Crippen molar-refractivity contribution in [2.24, 2.45) is 0 Å². The normalized spacial score (nSPS) is 15.3. The van der Waals surface area contributed by atoms with Crippen LogP contribution in [0.4, 0.5) is 0 Å². The molecule has 7 nitrogen and oxygen atoms in total. The summed E-state index contributed by atoms with van der Waals surface area (Å²) in [5, 5.41) is 11.7. The highest BCUT2D eigenvalue weighted by atomic mass is 16.5. The van der Waals surface area contributed by atoms with Gasteiger partial charge < -0.3 is 19.5 Å². The molecular formula is C24H21NO6. The van der Waals surface area contributed by atoms with Gasteiger partial charge in [0.25, 0.3) is 5.91 Å². The Labute approximate surface area is 178 Å². The van der Waals surface area contributed by atoms with E-state index in [1.54, 1.807) is 18.2 Å². The van der Waals surface area contributed by atoms with Crippen molar-refractivity contribution in [3.05, 3.63) is 77.4 Å². The van der Waals surface area contributed by atoms with Gasteiger partial charge in [-0.05, 0) is 22.6 Å². The molecule has 0 radical (unpaired) electrons. The van der Waals surface area contributed by atoms with Crippen molar-refractivity contribution >= 4 is 28.6 Å². The number of esters is 2. The Hall–Kier alpha value is -3.87. The monoisotopic (exact) mass is 419 g/mol. The Morgan fingerprint density at radius 1 is 1.00 bits per heavy atom. The molecule has 1 atom stereocenters. The second kappa shape index (κ2) is 8.47. The van der Waals surface area contributed by atoms with Crippen molar-refractivity contribution in [3.8, 4) is 5.75 Å². The van der Waals surface area contributed by atoms with Gasteiger partial charge in [0.1, 0.15) is 17.4 Å². The number of benzene rings is 3. The zero-order chi connectivity index (χ0) is 22.0. The molecule has 0 saturated carbocycles. The smallest absolute Gasteiger partial charge is 0.342 e. The van der Waals surface area contributed by atoms with Crippen LogP contribution in [0.5, 0.6) is 5.75 Å². The van der Waals surface area contributed by atoms with E-state index in [1.165, 1.54) is 18.1 Å². The minimum Gasteiger partial charge on any atom is -0.506 e. The Kier molecular flexibility index (Phi) is 5.58. The van der Waals surface area contributed by atoms with E-state index in [1.807, 2.05) is 36.4 Å². The second-order valence-electron chi connectivity index (χ2n) is 7.29. The van der Waals surface area contributed by atoms with Gasteiger partial charge >= 0.3 is 11.9 Å². The number of rotatable bonds is 4. The van der Waals surface area contributed by atoms with Crippen molar-refractivity contribution in [2.45, 2.75) is 19.0 Å². The molecule has 1 amide bonds. The first-order chi connectivity index (χ1) is 15.0. The highest BCUT2D eigenvalue weighted by Gasteiger charge is 2.35. The maximum atomic E-state index is 12.9. The van der Waals surface area contributed by atoms with E-state index >= 15 is 0 Å². The van der Waals surface area contributed by atoms with Gasteiger partial charge in [-0.1, -0.05) is 54.6 Å². The number of phenols is 1. The average Bonchev–Trinajstić information content (AvgIpc) is 2.81. The van der Waals surface area contributed by atoms with Gasteiger partial charge in [0.2, 0.25) is 0 Å². The van der Waals surface area contributed by atoms with Gasteiger partial charge in [-0.25, -0.2) is 9.59 Å². The molecule has 1 N–H and O–H groups in total. The second-order valence-corrected chi connectivity index (χ2v) is 7.29. The number of hydrogen-bond donors (Lipinski definition) is 1. The van der Waals surface area contributed by atoms with Gasteiger partial charge in [-0.3, -0.25) is 4.79 Å². The summed E-state index contributed by atoms with van der Waals surface area (Å²) >= 11 is 0. The summed E-state index contributed by atoms with van der Waals surface area (Å²) in [7, 11) is 1.27. The van der Waals surface area contributed by atoms with Crippen LogP contribution in [0.15, 0.2) is 60.7 Å². The molecule has 158 valence electrons. The van der Waals surface area contributed by atoms with Crippen molar-refractivity contribution in [2.75, 3.05) is 13.7 Å². The van der Waals surface area contributed by atoms with E-state index in [9.17, 15) is 19.5 Å². The molecule has 0 aliphatic carbocycles. The predicted octanol–water partition coefficient (Wildman–Crippen LogP) is 2.83. The van der Waals surface area contributed by atoms with E-state index in [4.69, 9.17) is 9.47 Å². The number of aromatic hydroxyl groups is 1. The van der Waals surface area contributed by atoms with E-state index in [2.05, 4.69) is 0 Å². The molecule has 0 bridgehead atoms. The van der Waals surface area contributed by atoms with Crippen LogP contribution in [0.25, 0.3) is 10.8 Å². The average molecular weight is 419 g/mol.